The molecule has 0 atom stereocenters. The van der Waals surface area contributed by atoms with Crippen LogP contribution in [-0.2, 0) is 9.53 Å². The fraction of sp³-hybridized carbons (Fsp3) is 0.100. The molecule has 4 nitrogen and oxygen atoms in total. The van der Waals surface area contributed by atoms with E-state index in [2.05, 4.69) is 4.74 Å². The number of carboxylic acids is 1. The largest absolute Gasteiger partial charge is 0.478 e. The van der Waals surface area contributed by atoms with Crippen LogP contribution in [0.1, 0.15) is 5.56 Å². The first-order valence-electron chi connectivity index (χ1n) is 3.97. The summed E-state index contributed by atoms with van der Waals surface area (Å²) in [4.78, 5) is 10.8. The highest BCUT2D eigenvalue weighted by Crippen LogP contribution is 2.13. The molecular formula is C10H10O4. The predicted molar refractivity (Wildman–Crippen MR) is 50.2 cm³/mol. The van der Waals surface area contributed by atoms with Crippen molar-refractivity contribution in [2.75, 3.05) is 6.79 Å². The molecule has 0 saturated carbocycles. The Labute approximate surface area is 81.1 Å². The zero-order valence-electron chi connectivity index (χ0n) is 7.38. The quantitative estimate of drug-likeness (QED) is 0.427. The first kappa shape index (κ1) is 10.3. The first-order chi connectivity index (χ1) is 6.75. The second-order valence-corrected chi connectivity index (χ2v) is 2.50. The van der Waals surface area contributed by atoms with Gasteiger partial charge in [0.15, 0.2) is 6.79 Å². The molecular weight excluding hydrogens is 184 g/mol. The van der Waals surface area contributed by atoms with E-state index in [4.69, 9.17) is 10.2 Å². The van der Waals surface area contributed by atoms with Gasteiger partial charge in [0.05, 0.1) is 0 Å². The van der Waals surface area contributed by atoms with E-state index in [1.165, 1.54) is 0 Å². The van der Waals surface area contributed by atoms with Crippen LogP contribution in [0.3, 0.4) is 0 Å². The van der Waals surface area contributed by atoms with Crippen molar-refractivity contribution in [1.29, 1.82) is 0 Å². The Morgan fingerprint density at radius 1 is 1.36 bits per heavy atom. The predicted octanol–water partition coefficient (Wildman–Crippen LogP) is 1.08. The Morgan fingerprint density at radius 2 is 2.00 bits per heavy atom. The number of aliphatic hydroxyl groups excluding tert-OH is 1. The molecule has 0 unspecified atom stereocenters. The van der Waals surface area contributed by atoms with E-state index >= 15 is 0 Å². The van der Waals surface area contributed by atoms with Crippen LogP contribution < -0.4 is 0 Å². The summed E-state index contributed by atoms with van der Waals surface area (Å²) in [6.45, 7) is -0.538. The summed E-state index contributed by atoms with van der Waals surface area (Å²) in [6.07, 6.45) is 1.03. The second kappa shape index (κ2) is 5.04. The van der Waals surface area contributed by atoms with Crippen LogP contribution in [0.4, 0.5) is 0 Å². The molecule has 1 aromatic carbocycles. The zero-order chi connectivity index (χ0) is 10.4. The van der Waals surface area contributed by atoms with Gasteiger partial charge in [0, 0.05) is 0 Å². The topological polar surface area (TPSA) is 66.8 Å². The molecule has 0 saturated heterocycles. The fourth-order valence-electron chi connectivity index (χ4n) is 0.980. The van der Waals surface area contributed by atoms with Gasteiger partial charge in [-0.2, -0.15) is 0 Å². The summed E-state index contributed by atoms with van der Waals surface area (Å²) >= 11 is 0. The van der Waals surface area contributed by atoms with Gasteiger partial charge in [-0.3, -0.25) is 0 Å². The van der Waals surface area contributed by atoms with Crippen LogP contribution in [0.5, 0.6) is 0 Å². The molecule has 0 amide bonds. The van der Waals surface area contributed by atoms with Crippen LogP contribution >= 0.6 is 0 Å². The molecule has 0 heterocycles. The fourth-order valence-corrected chi connectivity index (χ4v) is 0.980. The Kier molecular flexibility index (Phi) is 3.69. The monoisotopic (exact) mass is 194 g/mol. The number of aliphatic hydroxyl groups is 1. The van der Waals surface area contributed by atoms with Gasteiger partial charge < -0.3 is 14.9 Å². The minimum atomic E-state index is -1.09. The molecule has 4 heteroatoms. The maximum atomic E-state index is 10.8. The number of hydrogen-bond acceptors (Lipinski definition) is 3. The van der Waals surface area contributed by atoms with Crippen molar-refractivity contribution in [2.24, 2.45) is 0 Å². The third kappa shape index (κ3) is 2.60. The van der Waals surface area contributed by atoms with E-state index in [1.54, 1.807) is 30.3 Å². The van der Waals surface area contributed by atoms with E-state index in [1.807, 2.05) is 0 Å². The van der Waals surface area contributed by atoms with E-state index in [0.717, 1.165) is 6.26 Å². The third-order valence-corrected chi connectivity index (χ3v) is 1.59. The zero-order valence-corrected chi connectivity index (χ0v) is 7.38. The van der Waals surface area contributed by atoms with Crippen molar-refractivity contribution in [2.45, 2.75) is 0 Å². The molecule has 0 radical (unpaired) electrons. The number of aliphatic carboxylic acids is 1. The van der Waals surface area contributed by atoms with E-state index in [9.17, 15) is 4.79 Å². The molecule has 0 spiro atoms. The molecule has 0 aliphatic rings. The smallest absolute Gasteiger partial charge is 0.339 e. The standard InChI is InChI=1S/C10H10O4/c11-7-14-6-9(10(12)13)8-4-2-1-3-5-8/h1-6,11H,7H2,(H,12,13)/b9-6-. The summed E-state index contributed by atoms with van der Waals surface area (Å²) < 4.78 is 4.52. The molecule has 0 aliphatic carbocycles. The van der Waals surface area contributed by atoms with Crippen molar-refractivity contribution in [3.05, 3.63) is 42.2 Å². The first-order valence-corrected chi connectivity index (χ1v) is 3.97. The third-order valence-electron chi connectivity index (χ3n) is 1.59. The number of hydrogen-bond donors (Lipinski definition) is 2. The van der Waals surface area contributed by atoms with Crippen LogP contribution in [0, 0.1) is 0 Å². The molecule has 0 aromatic heterocycles. The van der Waals surface area contributed by atoms with Gasteiger partial charge in [-0.15, -0.1) is 0 Å². The highest BCUT2D eigenvalue weighted by Gasteiger charge is 2.09. The lowest BCUT2D eigenvalue weighted by Crippen LogP contribution is -2.00. The van der Waals surface area contributed by atoms with Gasteiger partial charge in [0.2, 0.25) is 0 Å². The molecule has 0 fully saturated rings. The Balaban J connectivity index is 2.95. The number of ether oxygens (including phenoxy) is 1. The van der Waals surface area contributed by atoms with E-state index in [0.29, 0.717) is 5.56 Å². The van der Waals surface area contributed by atoms with Crippen LogP contribution in [0.15, 0.2) is 36.6 Å². The lowest BCUT2D eigenvalue weighted by molar-refractivity contribution is -0.130. The number of carboxylic acid groups (broad SMARTS) is 1. The highest BCUT2D eigenvalue weighted by molar-refractivity contribution is 6.14. The summed E-state index contributed by atoms with van der Waals surface area (Å²) in [7, 11) is 0. The minimum absolute atomic E-state index is 0.0136. The van der Waals surface area contributed by atoms with Crippen molar-refractivity contribution >= 4 is 11.5 Å². The van der Waals surface area contributed by atoms with Crippen LogP contribution in [-0.4, -0.2) is 23.0 Å². The summed E-state index contributed by atoms with van der Waals surface area (Å²) in [5.74, 6) is -1.09. The van der Waals surface area contributed by atoms with Gasteiger partial charge in [-0.1, -0.05) is 30.3 Å². The second-order valence-electron chi connectivity index (χ2n) is 2.50. The van der Waals surface area contributed by atoms with Crippen molar-refractivity contribution in [1.82, 2.24) is 0 Å². The molecule has 74 valence electrons. The molecule has 14 heavy (non-hydrogen) atoms. The average molecular weight is 194 g/mol. The number of carbonyl (C=O) groups is 1. The van der Waals surface area contributed by atoms with Gasteiger partial charge >= 0.3 is 5.97 Å². The lowest BCUT2D eigenvalue weighted by Gasteiger charge is -2.01. The summed E-state index contributed by atoms with van der Waals surface area (Å²) in [6, 6.07) is 8.55. The van der Waals surface area contributed by atoms with Gasteiger partial charge in [0.1, 0.15) is 11.8 Å². The molecule has 1 aromatic rings. The van der Waals surface area contributed by atoms with Gasteiger partial charge in [-0.05, 0) is 5.56 Å². The number of rotatable bonds is 4. The lowest BCUT2D eigenvalue weighted by atomic mass is 10.1. The normalized spacial score (nSPS) is 11.1. The summed E-state index contributed by atoms with van der Waals surface area (Å²) in [5.41, 5.74) is 0.549. The van der Waals surface area contributed by atoms with Gasteiger partial charge in [0.25, 0.3) is 0 Å². The Hall–Kier alpha value is -1.81. The molecule has 0 bridgehead atoms. The molecule has 2 N–H and O–H groups in total. The SMILES string of the molecule is O=C(O)/C(=C\OCO)c1ccccc1. The van der Waals surface area contributed by atoms with Crippen molar-refractivity contribution < 1.29 is 19.7 Å². The molecule has 1 rings (SSSR count). The minimum Gasteiger partial charge on any atom is -0.478 e. The van der Waals surface area contributed by atoms with Crippen LogP contribution in [0.2, 0.25) is 0 Å². The van der Waals surface area contributed by atoms with E-state index in [-0.39, 0.29) is 5.57 Å². The van der Waals surface area contributed by atoms with E-state index < -0.39 is 12.8 Å². The average Bonchev–Trinajstić information content (AvgIpc) is 2.19. The molecule has 0 aliphatic heterocycles. The Morgan fingerprint density at radius 3 is 2.50 bits per heavy atom. The van der Waals surface area contributed by atoms with Crippen molar-refractivity contribution in [3.8, 4) is 0 Å². The maximum absolute atomic E-state index is 10.8. The maximum Gasteiger partial charge on any atom is 0.339 e. The van der Waals surface area contributed by atoms with Gasteiger partial charge in [-0.25, -0.2) is 4.79 Å². The number of benzene rings is 1. The summed E-state index contributed by atoms with van der Waals surface area (Å²) in [5, 5.41) is 17.2. The van der Waals surface area contributed by atoms with Crippen molar-refractivity contribution in [3.63, 3.8) is 0 Å². The van der Waals surface area contributed by atoms with Crippen LogP contribution in [0.25, 0.3) is 5.57 Å². The Bertz CT molecular complexity index is 329. The highest BCUT2D eigenvalue weighted by atomic mass is 16.6.